The summed E-state index contributed by atoms with van der Waals surface area (Å²) in [5.74, 6) is -2.43. The van der Waals surface area contributed by atoms with E-state index in [4.69, 9.17) is 25.8 Å². The molecule has 0 radical (unpaired) electrons. The van der Waals surface area contributed by atoms with Crippen LogP contribution in [0.4, 0.5) is 29.3 Å². The number of rotatable bonds is 7. The first kappa shape index (κ1) is 28.9. The van der Waals surface area contributed by atoms with Crippen LogP contribution in [0, 0.1) is 10.1 Å². The van der Waals surface area contributed by atoms with Gasteiger partial charge in [0.05, 0.1) is 35.4 Å². The van der Waals surface area contributed by atoms with Crippen molar-refractivity contribution in [2.75, 3.05) is 19.1 Å². The van der Waals surface area contributed by atoms with Gasteiger partial charge in [0.25, 0.3) is 11.8 Å². The average Bonchev–Trinajstić information content (AvgIpc) is 2.92. The second-order valence-electron chi connectivity index (χ2n) is 8.23. The summed E-state index contributed by atoms with van der Waals surface area (Å²) < 4.78 is 54.9. The number of halogens is 4. The molecule has 0 bridgehead atoms. The minimum absolute atomic E-state index is 0.128. The minimum Gasteiger partial charge on any atom is -0.497 e. The Hall–Kier alpha value is -5.11. The molecule has 4 amide bonds. The highest BCUT2D eigenvalue weighted by atomic mass is 35.5. The van der Waals surface area contributed by atoms with Gasteiger partial charge in [0.15, 0.2) is 11.5 Å². The second kappa shape index (κ2) is 11.2. The molecule has 212 valence electrons. The van der Waals surface area contributed by atoms with Crippen molar-refractivity contribution >= 4 is 46.9 Å². The highest BCUT2D eigenvalue weighted by molar-refractivity contribution is 6.39. The molecule has 1 aliphatic rings. The Kier molecular flexibility index (Phi) is 7.87. The number of carbonyl (C=O) groups excluding carboxylic acids is 3. The maximum Gasteiger partial charge on any atom is 0.416 e. The van der Waals surface area contributed by atoms with Crippen LogP contribution in [0.1, 0.15) is 11.1 Å². The lowest BCUT2D eigenvalue weighted by atomic mass is 10.1. The van der Waals surface area contributed by atoms with Crippen molar-refractivity contribution in [2.45, 2.75) is 6.18 Å². The molecule has 0 saturated carbocycles. The fourth-order valence-electron chi connectivity index (χ4n) is 3.74. The molecule has 3 aromatic carbocycles. The van der Waals surface area contributed by atoms with Crippen LogP contribution in [-0.4, -0.2) is 37.0 Å². The maximum absolute atomic E-state index is 13.2. The minimum atomic E-state index is -4.83. The zero-order chi connectivity index (χ0) is 30.1. The molecular formula is C26H17ClF3N3O8. The Morgan fingerprint density at radius 2 is 1.66 bits per heavy atom. The number of nitrogens with zero attached hydrogens (tertiary/aromatic N) is 2. The molecule has 1 fully saturated rings. The molecule has 0 spiro atoms. The number of hydrogen-bond donors (Lipinski definition) is 1. The number of methoxy groups -OCH3 is 2. The lowest BCUT2D eigenvalue weighted by Crippen LogP contribution is -2.54. The van der Waals surface area contributed by atoms with Gasteiger partial charge in [0.1, 0.15) is 11.3 Å². The Morgan fingerprint density at radius 3 is 2.24 bits per heavy atom. The van der Waals surface area contributed by atoms with Crippen LogP contribution >= 0.6 is 11.6 Å². The normalized spacial score (nSPS) is 14.6. The highest BCUT2D eigenvalue weighted by Gasteiger charge is 2.37. The van der Waals surface area contributed by atoms with E-state index in [1.807, 2.05) is 0 Å². The Labute approximate surface area is 233 Å². The third-order valence-electron chi connectivity index (χ3n) is 5.69. The predicted molar refractivity (Wildman–Crippen MR) is 138 cm³/mol. The Balaban J connectivity index is 1.70. The van der Waals surface area contributed by atoms with Crippen molar-refractivity contribution < 1.29 is 46.7 Å². The van der Waals surface area contributed by atoms with Crippen LogP contribution in [0.2, 0.25) is 5.02 Å². The van der Waals surface area contributed by atoms with Gasteiger partial charge >= 0.3 is 17.9 Å². The largest absolute Gasteiger partial charge is 0.497 e. The van der Waals surface area contributed by atoms with Gasteiger partial charge in [-0.25, -0.2) is 9.69 Å². The molecule has 11 nitrogen and oxygen atoms in total. The van der Waals surface area contributed by atoms with Gasteiger partial charge in [0, 0.05) is 6.07 Å². The van der Waals surface area contributed by atoms with Crippen molar-refractivity contribution in [1.82, 2.24) is 5.32 Å². The van der Waals surface area contributed by atoms with Crippen molar-refractivity contribution in [3.05, 3.63) is 86.4 Å². The third-order valence-corrected chi connectivity index (χ3v) is 5.97. The first-order chi connectivity index (χ1) is 19.3. The Bertz CT molecular complexity index is 1610. The van der Waals surface area contributed by atoms with E-state index in [1.165, 1.54) is 50.6 Å². The summed E-state index contributed by atoms with van der Waals surface area (Å²) in [5.41, 5.74) is -2.38. The van der Waals surface area contributed by atoms with Gasteiger partial charge in [-0.2, -0.15) is 13.2 Å². The molecule has 0 unspecified atom stereocenters. The number of benzene rings is 3. The van der Waals surface area contributed by atoms with Crippen LogP contribution in [0.3, 0.4) is 0 Å². The number of nitro groups is 1. The molecule has 0 atom stereocenters. The van der Waals surface area contributed by atoms with E-state index in [0.717, 1.165) is 17.0 Å². The lowest BCUT2D eigenvalue weighted by molar-refractivity contribution is -0.385. The summed E-state index contributed by atoms with van der Waals surface area (Å²) >= 11 is 6.32. The van der Waals surface area contributed by atoms with Crippen molar-refractivity contribution in [3.8, 4) is 23.0 Å². The van der Waals surface area contributed by atoms with Crippen LogP contribution in [0.5, 0.6) is 23.0 Å². The molecule has 4 rings (SSSR count). The number of hydrogen-bond acceptors (Lipinski definition) is 8. The molecule has 0 aliphatic carbocycles. The van der Waals surface area contributed by atoms with Crippen molar-refractivity contribution in [1.29, 1.82) is 0 Å². The molecule has 1 aliphatic heterocycles. The topological polar surface area (TPSA) is 137 Å². The first-order valence-electron chi connectivity index (χ1n) is 11.3. The van der Waals surface area contributed by atoms with Crippen molar-refractivity contribution in [2.24, 2.45) is 0 Å². The van der Waals surface area contributed by atoms with Gasteiger partial charge in [-0.05, 0) is 60.2 Å². The fourth-order valence-corrected chi connectivity index (χ4v) is 4.00. The zero-order valence-corrected chi connectivity index (χ0v) is 21.7. The second-order valence-corrected chi connectivity index (χ2v) is 8.64. The number of barbiturate groups is 1. The smallest absolute Gasteiger partial charge is 0.416 e. The van der Waals surface area contributed by atoms with E-state index in [9.17, 15) is 37.7 Å². The number of anilines is 1. The number of carbonyl (C=O) groups is 3. The standard InChI is InChI=1S/C26H17ClF3N3O8/c1-39-16-6-4-15(5-7-16)32-24(35)17(23(34)31-25(32)36)9-13-10-18(27)22(21(11-13)40-2)41-20-8-3-14(26(28,29)30)12-19(20)33(37)38/h3-12H,1-2H3,(H,31,34,36)/b17-9+. The van der Waals surface area contributed by atoms with Crippen molar-refractivity contribution in [3.63, 3.8) is 0 Å². The van der Waals surface area contributed by atoms with E-state index in [2.05, 4.69) is 5.32 Å². The zero-order valence-electron chi connectivity index (χ0n) is 20.9. The van der Waals surface area contributed by atoms with Crippen LogP contribution < -0.4 is 24.4 Å². The molecule has 1 heterocycles. The number of alkyl halides is 3. The van der Waals surface area contributed by atoms with Gasteiger partial charge in [0.2, 0.25) is 5.75 Å². The quantitative estimate of drug-likeness (QED) is 0.159. The van der Waals surface area contributed by atoms with Gasteiger partial charge in [-0.15, -0.1) is 0 Å². The number of nitrogens with one attached hydrogen (secondary N) is 1. The summed E-state index contributed by atoms with van der Waals surface area (Å²) in [4.78, 5) is 49.3. The molecule has 0 aromatic heterocycles. The predicted octanol–water partition coefficient (Wildman–Crippen LogP) is 5.74. The highest BCUT2D eigenvalue weighted by Crippen LogP contribution is 2.44. The van der Waals surface area contributed by atoms with E-state index in [-0.39, 0.29) is 27.8 Å². The lowest BCUT2D eigenvalue weighted by Gasteiger charge is -2.26. The number of nitro benzene ring substituents is 1. The van der Waals surface area contributed by atoms with Gasteiger partial charge in [-0.1, -0.05) is 11.6 Å². The molecule has 15 heteroatoms. The van der Waals surface area contributed by atoms with E-state index >= 15 is 0 Å². The number of ether oxygens (including phenoxy) is 3. The fraction of sp³-hybridized carbons (Fsp3) is 0.115. The first-order valence-corrected chi connectivity index (χ1v) is 11.7. The monoisotopic (exact) mass is 591 g/mol. The van der Waals surface area contributed by atoms with Crippen LogP contribution in [0.25, 0.3) is 6.08 Å². The summed E-state index contributed by atoms with van der Waals surface area (Å²) in [5, 5.41) is 13.3. The molecule has 1 N–H and O–H groups in total. The van der Waals surface area contributed by atoms with Gasteiger partial charge in [-0.3, -0.25) is 25.0 Å². The number of urea groups is 1. The van der Waals surface area contributed by atoms with Crippen LogP contribution in [0.15, 0.2) is 60.2 Å². The van der Waals surface area contributed by atoms with Gasteiger partial charge < -0.3 is 14.2 Å². The third kappa shape index (κ3) is 5.91. The maximum atomic E-state index is 13.2. The summed E-state index contributed by atoms with van der Waals surface area (Å²) in [6.07, 6.45) is -3.70. The molecule has 41 heavy (non-hydrogen) atoms. The number of imide groups is 2. The molecular weight excluding hydrogens is 575 g/mol. The van der Waals surface area contributed by atoms with E-state index in [0.29, 0.717) is 17.9 Å². The van der Waals surface area contributed by atoms with Crippen LogP contribution in [-0.2, 0) is 15.8 Å². The molecule has 1 saturated heterocycles. The average molecular weight is 592 g/mol. The summed E-state index contributed by atoms with van der Waals surface area (Å²) in [6.45, 7) is 0. The SMILES string of the molecule is COc1ccc(N2C(=O)NC(=O)/C(=C\c3cc(Cl)c(Oc4ccc(C(F)(F)F)cc4[N+](=O)[O-])c(OC)c3)C2=O)cc1. The summed E-state index contributed by atoms with van der Waals surface area (Å²) in [6, 6.07) is 9.10. The number of amides is 4. The van der Waals surface area contributed by atoms with E-state index in [1.54, 1.807) is 0 Å². The molecule has 3 aromatic rings. The summed E-state index contributed by atoms with van der Waals surface area (Å²) in [7, 11) is 2.63. The van der Waals surface area contributed by atoms with E-state index < -0.39 is 51.5 Å². The Morgan fingerprint density at radius 1 is 0.976 bits per heavy atom.